The van der Waals surface area contributed by atoms with Crippen LogP contribution in [0.15, 0.2) is 12.4 Å². The third-order valence-corrected chi connectivity index (χ3v) is 2.43. The third kappa shape index (κ3) is 4.97. The predicted molar refractivity (Wildman–Crippen MR) is 64.5 cm³/mol. The molecule has 0 aliphatic carbocycles. The summed E-state index contributed by atoms with van der Waals surface area (Å²) in [5, 5.41) is 5.82. The molecule has 0 bridgehead atoms. The third-order valence-electron chi connectivity index (χ3n) is 2.43. The van der Waals surface area contributed by atoms with E-state index in [9.17, 15) is 4.79 Å². The van der Waals surface area contributed by atoms with Crippen LogP contribution in [0.2, 0.25) is 0 Å². The van der Waals surface area contributed by atoms with Crippen LogP contribution in [0.5, 0.6) is 0 Å². The van der Waals surface area contributed by atoms with Gasteiger partial charge in [0.15, 0.2) is 0 Å². The fourth-order valence-corrected chi connectivity index (χ4v) is 1.43. The molecule has 0 unspecified atom stereocenters. The Morgan fingerprint density at radius 1 is 1.59 bits per heavy atom. The molecule has 0 radical (unpaired) electrons. The maximum Gasteiger partial charge on any atom is 0.221 e. The smallest absolute Gasteiger partial charge is 0.221 e. The molecule has 1 amide bonds. The number of aryl methyl sites for hydroxylation is 1. The topological polar surface area (TPSA) is 68.2 Å². The van der Waals surface area contributed by atoms with E-state index < -0.39 is 0 Å². The van der Waals surface area contributed by atoms with Crippen molar-refractivity contribution in [2.75, 3.05) is 27.3 Å². The van der Waals surface area contributed by atoms with Gasteiger partial charge in [-0.15, -0.1) is 0 Å². The molecule has 1 aromatic rings. The first-order valence-electron chi connectivity index (χ1n) is 5.68. The van der Waals surface area contributed by atoms with Gasteiger partial charge < -0.3 is 19.9 Å². The Balaban J connectivity index is 2.34. The van der Waals surface area contributed by atoms with Gasteiger partial charge in [-0.1, -0.05) is 0 Å². The molecule has 0 fully saturated rings. The highest BCUT2D eigenvalue weighted by Crippen LogP contribution is 1.99. The number of imidazole rings is 1. The Bertz CT molecular complexity index is 338. The van der Waals surface area contributed by atoms with Crippen LogP contribution in [0.25, 0.3) is 0 Å². The second kappa shape index (κ2) is 7.81. The highest BCUT2D eigenvalue weighted by Gasteiger charge is 2.04. The van der Waals surface area contributed by atoms with E-state index >= 15 is 0 Å². The number of aromatic nitrogens is 2. The molecule has 6 heteroatoms. The van der Waals surface area contributed by atoms with Crippen LogP contribution in [0, 0.1) is 0 Å². The first kappa shape index (κ1) is 13.7. The number of rotatable bonds is 8. The molecule has 2 N–H and O–H groups in total. The summed E-state index contributed by atoms with van der Waals surface area (Å²) in [4.78, 5) is 15.4. The number of methoxy groups -OCH3 is 1. The molecule has 1 heterocycles. The lowest BCUT2D eigenvalue weighted by Crippen LogP contribution is -2.23. The van der Waals surface area contributed by atoms with Gasteiger partial charge in [-0.2, -0.15) is 0 Å². The summed E-state index contributed by atoms with van der Waals surface area (Å²) >= 11 is 0. The normalized spacial score (nSPS) is 10.5. The van der Waals surface area contributed by atoms with Gasteiger partial charge in [-0.25, -0.2) is 4.98 Å². The standard InChI is InChI=1S/C11H20N4O2/c1-12-11(16)3-6-15-7-4-14-10(15)9-13-5-8-17-2/h4,7,13H,3,5-6,8-9H2,1-2H3,(H,12,16). The van der Waals surface area contributed by atoms with Gasteiger partial charge in [0.1, 0.15) is 5.82 Å². The molecule has 0 atom stereocenters. The fourth-order valence-electron chi connectivity index (χ4n) is 1.43. The molecule has 0 saturated heterocycles. The number of nitrogens with zero attached hydrogens (tertiary/aromatic N) is 2. The van der Waals surface area contributed by atoms with Crippen molar-refractivity contribution >= 4 is 5.91 Å². The summed E-state index contributed by atoms with van der Waals surface area (Å²) < 4.78 is 6.92. The van der Waals surface area contributed by atoms with Crippen LogP contribution in [0.4, 0.5) is 0 Å². The van der Waals surface area contributed by atoms with Crippen LogP contribution >= 0.6 is 0 Å². The summed E-state index contributed by atoms with van der Waals surface area (Å²) in [5.74, 6) is 0.974. The van der Waals surface area contributed by atoms with Gasteiger partial charge in [0.2, 0.25) is 5.91 Å². The molecule has 0 aromatic carbocycles. The van der Waals surface area contributed by atoms with Crippen LogP contribution in [-0.4, -0.2) is 42.8 Å². The number of hydrogen-bond donors (Lipinski definition) is 2. The molecule has 1 rings (SSSR count). The average molecular weight is 240 g/mol. The fraction of sp³-hybridized carbons (Fsp3) is 0.636. The van der Waals surface area contributed by atoms with Crippen molar-refractivity contribution in [3.63, 3.8) is 0 Å². The van der Waals surface area contributed by atoms with Crippen molar-refractivity contribution in [2.24, 2.45) is 0 Å². The van der Waals surface area contributed by atoms with E-state index in [1.54, 1.807) is 20.4 Å². The maximum atomic E-state index is 11.1. The minimum Gasteiger partial charge on any atom is -0.383 e. The SMILES string of the molecule is CNC(=O)CCn1ccnc1CNCCOC. The Hall–Kier alpha value is -1.40. The van der Waals surface area contributed by atoms with Gasteiger partial charge in [0, 0.05) is 46.1 Å². The zero-order valence-corrected chi connectivity index (χ0v) is 10.4. The van der Waals surface area contributed by atoms with E-state index in [0.717, 1.165) is 12.4 Å². The monoisotopic (exact) mass is 240 g/mol. The van der Waals surface area contributed by atoms with Crippen LogP contribution < -0.4 is 10.6 Å². The minimum absolute atomic E-state index is 0.0389. The second-order valence-electron chi connectivity index (χ2n) is 3.63. The minimum atomic E-state index is 0.0389. The highest BCUT2D eigenvalue weighted by atomic mass is 16.5. The van der Waals surface area contributed by atoms with Crippen LogP contribution in [0.3, 0.4) is 0 Å². The first-order valence-corrected chi connectivity index (χ1v) is 5.68. The van der Waals surface area contributed by atoms with Crippen molar-refractivity contribution in [2.45, 2.75) is 19.5 Å². The number of carbonyl (C=O) groups is 1. The largest absolute Gasteiger partial charge is 0.383 e. The zero-order valence-electron chi connectivity index (χ0n) is 10.4. The van der Waals surface area contributed by atoms with E-state index in [2.05, 4.69) is 15.6 Å². The van der Waals surface area contributed by atoms with E-state index in [4.69, 9.17) is 4.74 Å². The zero-order chi connectivity index (χ0) is 12.5. The lowest BCUT2D eigenvalue weighted by Gasteiger charge is -2.08. The van der Waals surface area contributed by atoms with Gasteiger partial charge in [0.25, 0.3) is 0 Å². The lowest BCUT2D eigenvalue weighted by molar-refractivity contribution is -0.120. The summed E-state index contributed by atoms with van der Waals surface area (Å²) in [5.41, 5.74) is 0. The van der Waals surface area contributed by atoms with Crippen molar-refractivity contribution in [1.29, 1.82) is 0 Å². The number of amides is 1. The van der Waals surface area contributed by atoms with Crippen molar-refractivity contribution < 1.29 is 9.53 Å². The molecule has 0 aliphatic rings. The number of nitrogens with one attached hydrogen (secondary N) is 2. The summed E-state index contributed by atoms with van der Waals surface area (Å²) in [6.45, 7) is 2.81. The van der Waals surface area contributed by atoms with E-state index in [-0.39, 0.29) is 5.91 Å². The molecule has 0 aliphatic heterocycles. The average Bonchev–Trinajstić information content (AvgIpc) is 2.79. The molecule has 6 nitrogen and oxygen atoms in total. The Morgan fingerprint density at radius 2 is 2.41 bits per heavy atom. The summed E-state index contributed by atoms with van der Waals surface area (Å²) in [6.07, 6.45) is 4.10. The second-order valence-corrected chi connectivity index (χ2v) is 3.63. The highest BCUT2D eigenvalue weighted by molar-refractivity contribution is 5.75. The first-order chi connectivity index (χ1) is 8.27. The molecule has 17 heavy (non-hydrogen) atoms. The Kier molecular flexibility index (Phi) is 6.27. The Labute approximate surface area is 101 Å². The predicted octanol–water partition coefficient (Wildman–Crippen LogP) is -0.245. The van der Waals surface area contributed by atoms with Gasteiger partial charge in [0.05, 0.1) is 13.2 Å². The van der Waals surface area contributed by atoms with Gasteiger partial charge in [-0.3, -0.25) is 4.79 Å². The Morgan fingerprint density at radius 3 is 3.12 bits per heavy atom. The van der Waals surface area contributed by atoms with Crippen molar-refractivity contribution in [3.05, 3.63) is 18.2 Å². The van der Waals surface area contributed by atoms with Gasteiger partial charge in [-0.05, 0) is 0 Å². The van der Waals surface area contributed by atoms with Crippen LogP contribution in [0.1, 0.15) is 12.2 Å². The van der Waals surface area contributed by atoms with E-state index in [1.807, 2.05) is 10.8 Å². The molecular formula is C11H20N4O2. The molecule has 1 aromatic heterocycles. The van der Waals surface area contributed by atoms with Crippen molar-refractivity contribution in [3.8, 4) is 0 Å². The molecule has 0 saturated carbocycles. The van der Waals surface area contributed by atoms with E-state index in [1.165, 1.54) is 0 Å². The number of hydrogen-bond acceptors (Lipinski definition) is 4. The van der Waals surface area contributed by atoms with Crippen LogP contribution in [-0.2, 0) is 22.6 Å². The number of carbonyl (C=O) groups excluding carboxylic acids is 1. The summed E-state index contributed by atoms with van der Waals surface area (Å²) in [7, 11) is 3.31. The number of ether oxygens (including phenoxy) is 1. The molecule has 0 spiro atoms. The molecular weight excluding hydrogens is 220 g/mol. The van der Waals surface area contributed by atoms with E-state index in [0.29, 0.717) is 26.1 Å². The lowest BCUT2D eigenvalue weighted by atomic mass is 10.4. The summed E-state index contributed by atoms with van der Waals surface area (Å²) in [6, 6.07) is 0. The molecule has 96 valence electrons. The van der Waals surface area contributed by atoms with Crippen molar-refractivity contribution in [1.82, 2.24) is 20.2 Å². The van der Waals surface area contributed by atoms with Gasteiger partial charge >= 0.3 is 0 Å². The maximum absolute atomic E-state index is 11.1. The quantitative estimate of drug-likeness (QED) is 0.615.